The Hall–Kier alpha value is 0.954. The standard InChI is InChI=1S/C2H5O.CH3FO.Y/c1-2-3;2-1-3;/h3H,1-2H2;3H,1H2;/q-1;;/i2*3T;. The quantitative estimate of drug-likeness (QED) is 0.585. The van der Waals surface area contributed by atoms with Gasteiger partial charge in [0.25, 0.3) is 0 Å². The zero-order chi connectivity index (χ0) is 6.83. The van der Waals surface area contributed by atoms with Gasteiger partial charge in [0, 0.05) is 32.7 Å². The van der Waals surface area contributed by atoms with Gasteiger partial charge in [0.2, 0.25) is 2.86 Å². The van der Waals surface area contributed by atoms with Crippen molar-refractivity contribution < 1.29 is 47.3 Å². The number of aliphatic hydroxyl groups excluding tert-OH is 2. The second-order valence-electron chi connectivity index (χ2n) is 0.313. The monoisotopic (exact) mass is 188 g/mol. The molecule has 43 valence electrons. The van der Waals surface area contributed by atoms with Gasteiger partial charge in [-0.05, 0) is 0 Å². The van der Waals surface area contributed by atoms with Crippen LogP contribution in [0.4, 0.5) is 4.39 Å². The molecule has 0 heterocycles. The van der Waals surface area contributed by atoms with E-state index >= 15 is 0 Å². The molecule has 0 aromatic heterocycles. The third kappa shape index (κ3) is 188. The van der Waals surface area contributed by atoms with E-state index in [9.17, 15) is 4.39 Å². The first-order chi connectivity index (χ1) is 3.83. The molecule has 0 aromatic carbocycles. The van der Waals surface area contributed by atoms with Gasteiger partial charge >= 0.3 is 0 Å². The molecule has 0 amide bonds. The average Bonchev–Trinajstić information content (AvgIpc) is 1.88. The molecular formula is C3H8FO2Y-. The first kappa shape index (κ1) is 7.95. The predicted octanol–water partition coefficient (Wildman–Crippen LogP) is -0.284. The third-order valence-electron chi connectivity index (χ3n) is 0. The third-order valence-corrected chi connectivity index (χ3v) is 0. The molecule has 0 aliphatic carbocycles. The minimum Gasteiger partial charge on any atom is -0.428 e. The summed E-state index contributed by atoms with van der Waals surface area (Å²) in [6.07, 6.45) is 0. The molecule has 0 saturated heterocycles. The summed E-state index contributed by atoms with van der Waals surface area (Å²) in [5.41, 5.74) is 0. The summed E-state index contributed by atoms with van der Waals surface area (Å²) in [4.78, 5) is 0. The normalized spacial score (nSPS) is 8.86. The summed E-state index contributed by atoms with van der Waals surface area (Å²) in [6.45, 7) is 2.42. The Kier molecular flexibility index (Phi) is 32.1. The Morgan fingerprint density at radius 2 is 2.00 bits per heavy atom. The van der Waals surface area contributed by atoms with E-state index in [1.54, 1.807) is 0 Å². The summed E-state index contributed by atoms with van der Waals surface area (Å²) in [5.74, 6) is 0. The fraction of sp³-hybridized carbons (Fsp3) is 0.667. The van der Waals surface area contributed by atoms with E-state index in [1.807, 2.05) is 0 Å². The summed E-state index contributed by atoms with van der Waals surface area (Å²) in [7, 11) is 0. The molecule has 0 aliphatic heterocycles. The van der Waals surface area contributed by atoms with Crippen molar-refractivity contribution in [1.29, 1.82) is 2.86 Å². The Labute approximate surface area is 70.6 Å². The number of hydrogen-bond acceptors (Lipinski definition) is 2. The first-order valence-corrected chi connectivity index (χ1v) is 1.34. The summed E-state index contributed by atoms with van der Waals surface area (Å²) >= 11 is 0. The van der Waals surface area contributed by atoms with Gasteiger partial charge in [0.15, 0.2) is 6.86 Å². The summed E-state index contributed by atoms with van der Waals surface area (Å²) in [5, 5.41) is 6.81. The zero-order valence-electron chi connectivity index (χ0n) is 5.89. The number of halogens is 1. The van der Waals surface area contributed by atoms with Crippen molar-refractivity contribution in [3.05, 3.63) is 6.92 Å². The van der Waals surface area contributed by atoms with Crippen LogP contribution in [-0.2, 0) is 32.7 Å². The van der Waals surface area contributed by atoms with Gasteiger partial charge in [-0.2, -0.15) is 0 Å². The first-order valence-electron chi connectivity index (χ1n) is 2.16. The Bertz CT molecular complexity index is 27.8. The van der Waals surface area contributed by atoms with Crippen LogP contribution in [0.25, 0.3) is 0 Å². The van der Waals surface area contributed by atoms with Crippen LogP contribution in [0.1, 0.15) is 0 Å². The molecule has 0 unspecified atom stereocenters. The molecule has 0 aliphatic rings. The van der Waals surface area contributed by atoms with Crippen LogP contribution in [0, 0.1) is 6.92 Å². The molecular weight excluding hydrogens is 176 g/mol. The Balaban J connectivity index is -0.0000000720. The van der Waals surface area contributed by atoms with Gasteiger partial charge in [-0.1, -0.05) is 6.61 Å². The average molecular weight is 188 g/mol. The zero-order valence-corrected chi connectivity index (χ0v) is 6.73. The van der Waals surface area contributed by atoms with E-state index in [2.05, 4.69) is 17.1 Å². The molecule has 0 atom stereocenters. The van der Waals surface area contributed by atoms with E-state index in [0.29, 0.717) is 0 Å². The maximum Gasteiger partial charge on any atom is 0.213 e. The number of rotatable bonds is 2. The van der Waals surface area contributed by atoms with Gasteiger partial charge in [-0.3, -0.25) is 0 Å². The van der Waals surface area contributed by atoms with Crippen LogP contribution in [0.5, 0.6) is 0 Å². The molecule has 2 nitrogen and oxygen atoms in total. The number of hydrogen-bond donors (Lipinski definition) is 2. The van der Waals surface area contributed by atoms with E-state index in [1.165, 1.54) is 0 Å². The van der Waals surface area contributed by atoms with Crippen molar-refractivity contribution in [3.63, 3.8) is 0 Å². The smallest absolute Gasteiger partial charge is 0.213 e. The predicted molar refractivity (Wildman–Crippen MR) is 20.6 cm³/mol. The van der Waals surface area contributed by atoms with E-state index in [4.69, 9.17) is 2.86 Å². The van der Waals surface area contributed by atoms with Crippen LogP contribution in [0.2, 0.25) is 0 Å². The number of alkyl halides is 1. The van der Waals surface area contributed by atoms with Crippen LogP contribution in [0.3, 0.4) is 0 Å². The topological polar surface area (TPSA) is 40.5 Å². The van der Waals surface area contributed by atoms with Crippen molar-refractivity contribution in [2.75, 3.05) is 13.5 Å². The van der Waals surface area contributed by atoms with Gasteiger partial charge in [-0.25, -0.2) is 4.39 Å². The molecule has 7 heavy (non-hydrogen) atoms. The maximum atomic E-state index is 10.3. The van der Waals surface area contributed by atoms with E-state index < -0.39 is 6.86 Å². The van der Waals surface area contributed by atoms with Crippen molar-refractivity contribution >= 4 is 0 Å². The van der Waals surface area contributed by atoms with Gasteiger partial charge < -0.3 is 17.1 Å². The van der Waals surface area contributed by atoms with Crippen LogP contribution in [-0.4, -0.2) is 26.5 Å². The molecule has 0 bridgehead atoms. The fourth-order valence-corrected chi connectivity index (χ4v) is 0. The SMILES string of the molecule is [3H]OCF.[3H]OC[CH2-].[Y]. The van der Waals surface area contributed by atoms with Crippen LogP contribution >= 0.6 is 0 Å². The minimum absolute atomic E-state index is 0. The van der Waals surface area contributed by atoms with Gasteiger partial charge in [0.1, 0.15) is 0 Å². The van der Waals surface area contributed by atoms with E-state index in [-0.39, 0.29) is 39.3 Å². The molecule has 4 heteroatoms. The summed E-state index contributed by atoms with van der Waals surface area (Å²) in [6, 6.07) is 0. The van der Waals surface area contributed by atoms with Gasteiger partial charge in [0.05, 0.1) is 0 Å². The molecule has 1 radical (unpaired) electrons. The summed E-state index contributed by atoms with van der Waals surface area (Å²) < 4.78 is 21.8. The Morgan fingerprint density at radius 3 is 2.00 bits per heavy atom. The largest absolute Gasteiger partial charge is 0.428 e. The molecule has 2 N–H and O–H groups in total. The fourth-order valence-electron chi connectivity index (χ4n) is 0. The molecule has 0 fully saturated rings. The van der Waals surface area contributed by atoms with Crippen molar-refractivity contribution in [2.24, 2.45) is 0 Å². The van der Waals surface area contributed by atoms with Crippen molar-refractivity contribution in [3.8, 4) is 0 Å². The molecule has 0 saturated carbocycles. The Morgan fingerprint density at radius 1 is 1.71 bits per heavy atom. The van der Waals surface area contributed by atoms with Crippen LogP contribution < -0.4 is 0 Å². The molecule has 0 rings (SSSR count). The minimum atomic E-state index is -1.01. The maximum absolute atomic E-state index is 10.3. The van der Waals surface area contributed by atoms with E-state index in [0.717, 1.165) is 0 Å². The number of aliphatic hydroxyl groups is 2. The second-order valence-corrected chi connectivity index (χ2v) is 0.313. The van der Waals surface area contributed by atoms with Crippen LogP contribution in [0.15, 0.2) is 0 Å². The van der Waals surface area contributed by atoms with Crippen molar-refractivity contribution in [1.82, 2.24) is 0 Å². The second kappa shape index (κ2) is 28.3. The molecule has 0 aromatic rings. The molecule has 0 spiro atoms. The van der Waals surface area contributed by atoms with Gasteiger partial charge in [-0.15, -0.1) is 0 Å². The van der Waals surface area contributed by atoms with Crippen molar-refractivity contribution in [2.45, 2.75) is 0 Å².